The van der Waals surface area contributed by atoms with Gasteiger partial charge in [0.2, 0.25) is 0 Å². The van der Waals surface area contributed by atoms with E-state index in [1.807, 2.05) is 59.3 Å². The molecule has 0 amide bonds. The molecule has 0 aliphatic rings. The van der Waals surface area contributed by atoms with Crippen LogP contribution in [-0.4, -0.2) is 16.9 Å². The number of halogens is 1. The third-order valence-electron chi connectivity index (χ3n) is 4.57. The molecule has 1 aromatic heterocycles. The smallest absolute Gasteiger partial charge is 0.139 e. The zero-order valence-corrected chi connectivity index (χ0v) is 17.7. The summed E-state index contributed by atoms with van der Waals surface area (Å²) in [5, 5.41) is 4.76. The van der Waals surface area contributed by atoms with Crippen LogP contribution in [0.4, 0.5) is 0 Å². The second kappa shape index (κ2) is 9.07. The van der Waals surface area contributed by atoms with Crippen molar-refractivity contribution in [2.45, 2.75) is 13.3 Å². The lowest BCUT2D eigenvalue weighted by molar-refractivity contribution is 0.122. The summed E-state index contributed by atoms with van der Waals surface area (Å²) in [4.78, 5) is 0. The van der Waals surface area contributed by atoms with Gasteiger partial charge in [-0.25, -0.2) is 4.68 Å². The number of nitrogens with zero attached hydrogens (tertiary/aromatic N) is 2. The standard InChI is InChI=1S/C24H21BrN2O2/c1-28-17-27-22(15-21(26-27)19-11-6-3-7-12-19)24-20(25)13-8-14-23(24)29-16-18-9-4-2-5-10-18/h2-15H,16-17H2,1H3. The van der Waals surface area contributed by atoms with E-state index in [1.165, 1.54) is 0 Å². The zero-order valence-electron chi connectivity index (χ0n) is 16.1. The lowest BCUT2D eigenvalue weighted by Gasteiger charge is -2.14. The topological polar surface area (TPSA) is 36.3 Å². The SMILES string of the molecule is COCn1nc(-c2ccccc2)cc1-c1c(Br)cccc1OCc1ccccc1. The Morgan fingerprint density at radius 1 is 0.897 bits per heavy atom. The number of aromatic nitrogens is 2. The zero-order chi connectivity index (χ0) is 20.1. The van der Waals surface area contributed by atoms with Crippen molar-refractivity contribution in [3.8, 4) is 28.3 Å². The molecule has 0 saturated heterocycles. The van der Waals surface area contributed by atoms with Crippen LogP contribution in [0.5, 0.6) is 5.75 Å². The quantitative estimate of drug-likeness (QED) is 0.339. The van der Waals surface area contributed by atoms with Crippen LogP contribution in [0.1, 0.15) is 5.56 Å². The molecular formula is C24H21BrN2O2. The molecule has 0 spiro atoms. The summed E-state index contributed by atoms with van der Waals surface area (Å²) >= 11 is 3.70. The second-order valence-electron chi connectivity index (χ2n) is 6.59. The van der Waals surface area contributed by atoms with Crippen molar-refractivity contribution in [2.75, 3.05) is 7.11 Å². The highest BCUT2D eigenvalue weighted by Crippen LogP contribution is 2.38. The molecule has 0 radical (unpaired) electrons. The van der Waals surface area contributed by atoms with Crippen LogP contribution in [0.3, 0.4) is 0 Å². The Bertz CT molecular complexity index is 1080. The average molecular weight is 449 g/mol. The Morgan fingerprint density at radius 2 is 1.62 bits per heavy atom. The molecule has 0 bridgehead atoms. The molecule has 146 valence electrons. The number of benzene rings is 3. The summed E-state index contributed by atoms with van der Waals surface area (Å²) in [7, 11) is 1.67. The van der Waals surface area contributed by atoms with E-state index in [-0.39, 0.29) is 0 Å². The van der Waals surface area contributed by atoms with Gasteiger partial charge in [0.05, 0.1) is 17.0 Å². The minimum absolute atomic E-state index is 0.349. The van der Waals surface area contributed by atoms with Gasteiger partial charge in [-0.15, -0.1) is 0 Å². The van der Waals surface area contributed by atoms with Crippen molar-refractivity contribution in [2.24, 2.45) is 0 Å². The van der Waals surface area contributed by atoms with Crippen molar-refractivity contribution in [3.63, 3.8) is 0 Å². The maximum atomic E-state index is 6.19. The van der Waals surface area contributed by atoms with Gasteiger partial charge in [0.15, 0.2) is 0 Å². The van der Waals surface area contributed by atoms with E-state index in [2.05, 4.69) is 46.3 Å². The summed E-state index contributed by atoms with van der Waals surface area (Å²) < 4.78 is 14.4. The minimum Gasteiger partial charge on any atom is -0.488 e. The molecule has 29 heavy (non-hydrogen) atoms. The molecule has 0 saturated carbocycles. The number of ether oxygens (including phenoxy) is 2. The number of methoxy groups -OCH3 is 1. The van der Waals surface area contributed by atoms with E-state index in [9.17, 15) is 0 Å². The van der Waals surface area contributed by atoms with Gasteiger partial charge in [-0.1, -0.05) is 66.7 Å². The van der Waals surface area contributed by atoms with E-state index in [4.69, 9.17) is 14.6 Å². The molecule has 4 aromatic rings. The van der Waals surface area contributed by atoms with Gasteiger partial charge in [0.25, 0.3) is 0 Å². The van der Waals surface area contributed by atoms with Crippen LogP contribution in [0.25, 0.3) is 22.5 Å². The molecular weight excluding hydrogens is 428 g/mol. The number of hydrogen-bond donors (Lipinski definition) is 0. The third kappa shape index (κ3) is 4.42. The van der Waals surface area contributed by atoms with Crippen molar-refractivity contribution < 1.29 is 9.47 Å². The highest BCUT2D eigenvalue weighted by molar-refractivity contribution is 9.10. The molecule has 0 atom stereocenters. The van der Waals surface area contributed by atoms with Crippen molar-refractivity contribution in [1.29, 1.82) is 0 Å². The lowest BCUT2D eigenvalue weighted by atomic mass is 10.1. The van der Waals surface area contributed by atoms with Crippen LogP contribution in [-0.2, 0) is 18.1 Å². The molecule has 0 fully saturated rings. The maximum Gasteiger partial charge on any atom is 0.139 e. The van der Waals surface area contributed by atoms with Crippen LogP contribution in [0.2, 0.25) is 0 Å². The van der Waals surface area contributed by atoms with Crippen LogP contribution in [0, 0.1) is 0 Å². The highest BCUT2D eigenvalue weighted by Gasteiger charge is 2.18. The molecule has 4 nitrogen and oxygen atoms in total. The van der Waals surface area contributed by atoms with Crippen LogP contribution in [0.15, 0.2) is 89.4 Å². The van der Waals surface area contributed by atoms with Crippen LogP contribution < -0.4 is 4.74 Å². The Labute approximate surface area is 178 Å². The van der Waals surface area contributed by atoms with Crippen LogP contribution >= 0.6 is 15.9 Å². The largest absolute Gasteiger partial charge is 0.488 e. The summed E-state index contributed by atoms with van der Waals surface area (Å²) in [6, 6.07) is 28.3. The lowest BCUT2D eigenvalue weighted by Crippen LogP contribution is -2.05. The summed E-state index contributed by atoms with van der Waals surface area (Å²) in [6.45, 7) is 0.843. The van der Waals surface area contributed by atoms with Gasteiger partial charge in [-0.3, -0.25) is 0 Å². The van der Waals surface area contributed by atoms with Gasteiger partial charge < -0.3 is 9.47 Å². The Balaban J connectivity index is 1.74. The van der Waals surface area contributed by atoms with Gasteiger partial charge in [0, 0.05) is 17.1 Å². The predicted octanol–water partition coefficient (Wildman–Crippen LogP) is 6.16. The van der Waals surface area contributed by atoms with Crippen molar-refractivity contribution >= 4 is 15.9 Å². The summed E-state index contributed by atoms with van der Waals surface area (Å²) in [6.07, 6.45) is 0. The van der Waals surface area contributed by atoms with E-state index in [1.54, 1.807) is 7.11 Å². The first-order valence-electron chi connectivity index (χ1n) is 9.34. The second-order valence-corrected chi connectivity index (χ2v) is 7.44. The van der Waals surface area contributed by atoms with Gasteiger partial charge in [-0.2, -0.15) is 5.10 Å². The van der Waals surface area contributed by atoms with Crippen molar-refractivity contribution in [1.82, 2.24) is 9.78 Å². The minimum atomic E-state index is 0.349. The first kappa shape index (κ1) is 19.4. The monoisotopic (exact) mass is 448 g/mol. The summed E-state index contributed by atoms with van der Waals surface area (Å²) in [5.41, 5.74) is 4.95. The molecule has 4 rings (SSSR count). The molecule has 0 N–H and O–H groups in total. The first-order chi connectivity index (χ1) is 14.3. The van der Waals surface area contributed by atoms with Gasteiger partial charge in [-0.05, 0) is 39.7 Å². The number of hydrogen-bond acceptors (Lipinski definition) is 3. The van der Waals surface area contributed by atoms with E-state index in [0.29, 0.717) is 13.3 Å². The normalized spacial score (nSPS) is 10.8. The molecule has 0 aliphatic heterocycles. The molecule has 0 unspecified atom stereocenters. The van der Waals surface area contributed by atoms with E-state index < -0.39 is 0 Å². The fraction of sp³-hybridized carbons (Fsp3) is 0.125. The molecule has 3 aromatic carbocycles. The molecule has 0 aliphatic carbocycles. The fourth-order valence-corrected chi connectivity index (χ4v) is 3.75. The van der Waals surface area contributed by atoms with Gasteiger partial charge >= 0.3 is 0 Å². The Morgan fingerprint density at radius 3 is 2.34 bits per heavy atom. The van der Waals surface area contributed by atoms with E-state index in [0.717, 1.165) is 38.3 Å². The average Bonchev–Trinajstić information content (AvgIpc) is 3.17. The maximum absolute atomic E-state index is 6.19. The third-order valence-corrected chi connectivity index (χ3v) is 5.23. The predicted molar refractivity (Wildman–Crippen MR) is 119 cm³/mol. The van der Waals surface area contributed by atoms with Gasteiger partial charge in [0.1, 0.15) is 19.1 Å². The first-order valence-corrected chi connectivity index (χ1v) is 10.1. The highest BCUT2D eigenvalue weighted by atomic mass is 79.9. The molecule has 5 heteroatoms. The Hall–Kier alpha value is -2.89. The fourth-order valence-electron chi connectivity index (χ4n) is 3.20. The Kier molecular flexibility index (Phi) is 6.08. The molecule has 1 heterocycles. The summed E-state index contributed by atoms with van der Waals surface area (Å²) in [5.74, 6) is 0.792. The van der Waals surface area contributed by atoms with Crippen molar-refractivity contribution in [3.05, 3.63) is 95.0 Å². The number of rotatable bonds is 7. The van der Waals surface area contributed by atoms with E-state index >= 15 is 0 Å².